The van der Waals surface area contributed by atoms with Gasteiger partial charge >= 0.3 is 0 Å². The van der Waals surface area contributed by atoms with Gasteiger partial charge in [0.2, 0.25) is 5.91 Å². The second-order valence-corrected chi connectivity index (χ2v) is 6.36. The number of thiocarbonyl (C=S) groups is 1. The summed E-state index contributed by atoms with van der Waals surface area (Å²) in [6, 6.07) is 7.35. The van der Waals surface area contributed by atoms with E-state index in [0.717, 1.165) is 17.4 Å². The number of hydrogen-bond donors (Lipinski definition) is 1. The number of para-hydroxylation sites is 2. The van der Waals surface area contributed by atoms with E-state index in [1.165, 1.54) is 11.8 Å². The van der Waals surface area contributed by atoms with Crippen molar-refractivity contribution in [3.8, 4) is 5.75 Å². The Labute approximate surface area is 136 Å². The predicted molar refractivity (Wildman–Crippen MR) is 94.2 cm³/mol. The summed E-state index contributed by atoms with van der Waals surface area (Å²) in [6.45, 7) is 7.66. The lowest BCUT2D eigenvalue weighted by atomic mass is 10.3. The Kier molecular flexibility index (Phi) is 7.53. The first-order valence-corrected chi connectivity index (χ1v) is 8.21. The van der Waals surface area contributed by atoms with Crippen LogP contribution in [0.2, 0.25) is 0 Å². The van der Waals surface area contributed by atoms with Crippen molar-refractivity contribution >= 4 is 39.9 Å². The van der Waals surface area contributed by atoms with Crippen molar-refractivity contribution in [2.24, 2.45) is 0 Å². The fraction of sp³-hybridized carbons (Fsp3) is 0.467. The topological polar surface area (TPSA) is 41.6 Å². The molecule has 0 aromatic heterocycles. The number of methoxy groups -OCH3 is 1. The highest BCUT2D eigenvalue weighted by atomic mass is 32.2. The van der Waals surface area contributed by atoms with E-state index in [1.54, 1.807) is 7.11 Å². The number of nitrogens with zero attached hydrogens (tertiary/aromatic N) is 1. The molecule has 0 fully saturated rings. The van der Waals surface area contributed by atoms with Gasteiger partial charge in [-0.05, 0) is 32.9 Å². The third kappa shape index (κ3) is 5.21. The Morgan fingerprint density at radius 3 is 2.57 bits per heavy atom. The second kappa shape index (κ2) is 8.89. The first-order valence-electron chi connectivity index (χ1n) is 6.92. The van der Waals surface area contributed by atoms with E-state index in [1.807, 2.05) is 31.2 Å². The van der Waals surface area contributed by atoms with Crippen LogP contribution in [0, 0.1) is 0 Å². The molecule has 1 rings (SSSR count). The van der Waals surface area contributed by atoms with Gasteiger partial charge < -0.3 is 15.0 Å². The van der Waals surface area contributed by atoms with E-state index in [-0.39, 0.29) is 11.2 Å². The van der Waals surface area contributed by atoms with Crippen LogP contribution in [0.5, 0.6) is 5.75 Å². The average Bonchev–Trinajstić information content (AvgIpc) is 2.48. The van der Waals surface area contributed by atoms with E-state index in [4.69, 9.17) is 17.0 Å². The summed E-state index contributed by atoms with van der Waals surface area (Å²) in [4.78, 5) is 14.3. The standard InChI is InChI=1S/C15H22N2O2S2/c1-5-17(6-2)15(20)21-11(3)14(18)16-12-9-7-8-10-13(12)19-4/h7-11H,5-6H2,1-4H3,(H,16,18)/t11-/m1/s1. The molecule has 6 heteroatoms. The third-order valence-electron chi connectivity index (χ3n) is 3.03. The second-order valence-electron chi connectivity index (χ2n) is 4.39. The zero-order chi connectivity index (χ0) is 15.8. The molecule has 0 saturated heterocycles. The zero-order valence-electron chi connectivity index (χ0n) is 12.9. The highest BCUT2D eigenvalue weighted by Crippen LogP contribution is 2.25. The van der Waals surface area contributed by atoms with Crippen LogP contribution in [0.25, 0.3) is 0 Å². The minimum Gasteiger partial charge on any atom is -0.495 e. The number of carbonyl (C=O) groups is 1. The van der Waals surface area contributed by atoms with Crippen molar-refractivity contribution in [3.05, 3.63) is 24.3 Å². The summed E-state index contributed by atoms with van der Waals surface area (Å²) in [6.07, 6.45) is 0. The highest BCUT2D eigenvalue weighted by molar-refractivity contribution is 8.23. The zero-order valence-corrected chi connectivity index (χ0v) is 14.5. The van der Waals surface area contributed by atoms with Crippen LogP contribution in [0.4, 0.5) is 5.69 Å². The summed E-state index contributed by atoms with van der Waals surface area (Å²) in [7, 11) is 1.58. The van der Waals surface area contributed by atoms with Crippen molar-refractivity contribution in [2.45, 2.75) is 26.0 Å². The number of rotatable bonds is 6. The van der Waals surface area contributed by atoms with Crippen molar-refractivity contribution in [1.29, 1.82) is 0 Å². The lowest BCUT2D eigenvalue weighted by molar-refractivity contribution is -0.115. The minimum absolute atomic E-state index is 0.0843. The molecule has 21 heavy (non-hydrogen) atoms. The number of amides is 1. The van der Waals surface area contributed by atoms with E-state index in [9.17, 15) is 4.79 Å². The number of benzene rings is 1. The summed E-state index contributed by atoms with van der Waals surface area (Å²) < 4.78 is 5.98. The van der Waals surface area contributed by atoms with Gasteiger partial charge in [-0.1, -0.05) is 36.1 Å². The molecule has 0 heterocycles. The van der Waals surface area contributed by atoms with Crippen LogP contribution in [0.15, 0.2) is 24.3 Å². The molecule has 0 aliphatic carbocycles. The lowest BCUT2D eigenvalue weighted by Crippen LogP contribution is -2.31. The number of thioether (sulfide) groups is 1. The summed E-state index contributed by atoms with van der Waals surface area (Å²) in [5.41, 5.74) is 0.672. The molecule has 1 aromatic carbocycles. The van der Waals surface area contributed by atoms with E-state index >= 15 is 0 Å². The number of hydrogen-bond acceptors (Lipinski definition) is 4. The molecule has 1 amide bonds. The number of nitrogens with one attached hydrogen (secondary N) is 1. The first-order chi connectivity index (χ1) is 10.0. The Morgan fingerprint density at radius 1 is 1.38 bits per heavy atom. The monoisotopic (exact) mass is 326 g/mol. The number of anilines is 1. The molecule has 0 bridgehead atoms. The van der Waals surface area contributed by atoms with Gasteiger partial charge in [-0.15, -0.1) is 0 Å². The maximum Gasteiger partial charge on any atom is 0.237 e. The Bertz CT molecular complexity index is 490. The molecule has 116 valence electrons. The summed E-state index contributed by atoms with van der Waals surface area (Å²) in [5.74, 6) is 0.563. The molecule has 0 spiro atoms. The van der Waals surface area contributed by atoms with Crippen LogP contribution in [0.1, 0.15) is 20.8 Å². The van der Waals surface area contributed by atoms with Gasteiger partial charge in [0, 0.05) is 13.1 Å². The largest absolute Gasteiger partial charge is 0.495 e. The van der Waals surface area contributed by atoms with Crippen LogP contribution >= 0.6 is 24.0 Å². The van der Waals surface area contributed by atoms with Crippen molar-refractivity contribution < 1.29 is 9.53 Å². The summed E-state index contributed by atoms with van der Waals surface area (Å²) in [5, 5.41) is 2.62. The molecule has 4 nitrogen and oxygen atoms in total. The molecule has 0 saturated carbocycles. The van der Waals surface area contributed by atoms with Gasteiger partial charge in [-0.25, -0.2) is 0 Å². The average molecular weight is 326 g/mol. The van der Waals surface area contributed by atoms with Crippen molar-refractivity contribution in [1.82, 2.24) is 4.90 Å². The number of ether oxygens (including phenoxy) is 1. The molecule has 0 aliphatic rings. The van der Waals surface area contributed by atoms with Gasteiger partial charge in [0.25, 0.3) is 0 Å². The Balaban J connectivity index is 2.64. The minimum atomic E-state index is -0.261. The van der Waals surface area contributed by atoms with Gasteiger partial charge in [0.1, 0.15) is 10.1 Å². The van der Waals surface area contributed by atoms with E-state index < -0.39 is 0 Å². The van der Waals surface area contributed by atoms with E-state index in [2.05, 4.69) is 24.1 Å². The fourth-order valence-electron chi connectivity index (χ4n) is 1.74. The van der Waals surface area contributed by atoms with Crippen LogP contribution in [0.3, 0.4) is 0 Å². The molecule has 0 aliphatic heterocycles. The lowest BCUT2D eigenvalue weighted by Gasteiger charge is -2.23. The van der Waals surface area contributed by atoms with Gasteiger partial charge in [0.15, 0.2) is 0 Å². The normalized spacial score (nSPS) is 11.6. The van der Waals surface area contributed by atoms with Crippen molar-refractivity contribution in [3.63, 3.8) is 0 Å². The summed E-state index contributed by atoms with van der Waals surface area (Å²) >= 11 is 6.77. The molecule has 1 N–H and O–H groups in total. The van der Waals surface area contributed by atoms with Crippen LogP contribution in [-0.4, -0.2) is 40.6 Å². The fourth-order valence-corrected chi connectivity index (χ4v) is 3.31. The number of carbonyl (C=O) groups excluding carboxylic acids is 1. The first kappa shape index (κ1) is 17.8. The molecular weight excluding hydrogens is 304 g/mol. The SMILES string of the molecule is CCN(CC)C(=S)S[C@H](C)C(=O)Nc1ccccc1OC. The Morgan fingerprint density at radius 2 is 2.00 bits per heavy atom. The smallest absolute Gasteiger partial charge is 0.237 e. The molecule has 0 unspecified atom stereocenters. The molecule has 1 aromatic rings. The Hall–Kier alpha value is -1.27. The van der Waals surface area contributed by atoms with Crippen LogP contribution in [-0.2, 0) is 4.79 Å². The molecular formula is C15H22N2O2S2. The van der Waals surface area contributed by atoms with E-state index in [0.29, 0.717) is 11.4 Å². The third-order valence-corrected chi connectivity index (χ3v) is 4.61. The quantitative estimate of drug-likeness (QED) is 0.812. The maximum atomic E-state index is 12.2. The highest BCUT2D eigenvalue weighted by Gasteiger charge is 2.19. The molecule has 0 radical (unpaired) electrons. The predicted octanol–water partition coefficient (Wildman–Crippen LogP) is 3.38. The van der Waals surface area contributed by atoms with Crippen LogP contribution < -0.4 is 10.1 Å². The van der Waals surface area contributed by atoms with Gasteiger partial charge in [-0.3, -0.25) is 4.79 Å². The van der Waals surface area contributed by atoms with Gasteiger partial charge in [-0.2, -0.15) is 0 Å². The van der Waals surface area contributed by atoms with Crippen molar-refractivity contribution in [2.75, 3.05) is 25.5 Å². The molecule has 1 atom stereocenters. The maximum absolute atomic E-state index is 12.2. The van der Waals surface area contributed by atoms with Gasteiger partial charge in [0.05, 0.1) is 18.0 Å².